The SMILES string of the molecule is COC(C)(C)C(O)C(O)C(C)O. The van der Waals surface area contributed by atoms with Crippen LogP contribution in [-0.4, -0.2) is 46.3 Å². The Morgan fingerprint density at radius 3 is 1.83 bits per heavy atom. The van der Waals surface area contributed by atoms with Crippen LogP contribution >= 0.6 is 0 Å². The molecule has 0 heterocycles. The highest BCUT2D eigenvalue weighted by molar-refractivity contribution is 4.86. The highest BCUT2D eigenvalue weighted by Gasteiger charge is 2.35. The summed E-state index contributed by atoms with van der Waals surface area (Å²) in [5.41, 5.74) is -0.851. The van der Waals surface area contributed by atoms with Crippen LogP contribution < -0.4 is 0 Å². The van der Waals surface area contributed by atoms with E-state index >= 15 is 0 Å². The van der Waals surface area contributed by atoms with E-state index in [1.165, 1.54) is 14.0 Å². The molecule has 0 aliphatic rings. The van der Waals surface area contributed by atoms with Crippen LogP contribution in [0.15, 0.2) is 0 Å². The summed E-state index contributed by atoms with van der Waals surface area (Å²) in [6, 6.07) is 0. The van der Waals surface area contributed by atoms with Crippen molar-refractivity contribution in [3.05, 3.63) is 0 Å². The highest BCUT2D eigenvalue weighted by atomic mass is 16.5. The Bertz CT molecular complexity index is 133. The Labute approximate surface area is 72.8 Å². The van der Waals surface area contributed by atoms with Gasteiger partial charge >= 0.3 is 0 Å². The fourth-order valence-corrected chi connectivity index (χ4v) is 0.796. The van der Waals surface area contributed by atoms with Gasteiger partial charge in [0.05, 0.1) is 11.7 Å². The van der Waals surface area contributed by atoms with E-state index in [1.54, 1.807) is 13.8 Å². The van der Waals surface area contributed by atoms with E-state index in [1.807, 2.05) is 0 Å². The molecule has 0 saturated carbocycles. The molecule has 0 bridgehead atoms. The van der Waals surface area contributed by atoms with Gasteiger partial charge in [-0.2, -0.15) is 0 Å². The number of aliphatic hydroxyl groups excluding tert-OH is 3. The van der Waals surface area contributed by atoms with E-state index in [4.69, 9.17) is 9.84 Å². The largest absolute Gasteiger partial charge is 0.391 e. The van der Waals surface area contributed by atoms with E-state index in [-0.39, 0.29) is 0 Å². The minimum absolute atomic E-state index is 0.851. The quantitative estimate of drug-likeness (QED) is 0.543. The van der Waals surface area contributed by atoms with Crippen LogP contribution in [-0.2, 0) is 4.74 Å². The monoisotopic (exact) mass is 178 g/mol. The second-order valence-corrected chi connectivity index (χ2v) is 3.48. The zero-order chi connectivity index (χ0) is 9.94. The van der Waals surface area contributed by atoms with Gasteiger partial charge in [0.2, 0.25) is 0 Å². The van der Waals surface area contributed by atoms with Crippen molar-refractivity contribution in [1.82, 2.24) is 0 Å². The van der Waals surface area contributed by atoms with E-state index < -0.39 is 23.9 Å². The van der Waals surface area contributed by atoms with Crippen LogP contribution in [0.25, 0.3) is 0 Å². The third-order valence-corrected chi connectivity index (χ3v) is 2.06. The number of rotatable bonds is 4. The standard InChI is InChI=1S/C8H18O4/c1-5(9)6(10)7(11)8(2,3)12-4/h5-7,9-11H,1-4H3. The molecule has 0 amide bonds. The maximum absolute atomic E-state index is 9.48. The first kappa shape index (κ1) is 11.8. The Morgan fingerprint density at radius 1 is 1.17 bits per heavy atom. The number of aliphatic hydroxyl groups is 3. The lowest BCUT2D eigenvalue weighted by Gasteiger charge is -2.33. The van der Waals surface area contributed by atoms with E-state index in [2.05, 4.69) is 0 Å². The van der Waals surface area contributed by atoms with E-state index in [0.29, 0.717) is 0 Å². The number of ether oxygens (including phenoxy) is 1. The van der Waals surface area contributed by atoms with Crippen LogP contribution in [0.1, 0.15) is 20.8 Å². The number of hydrogen-bond donors (Lipinski definition) is 3. The molecule has 4 heteroatoms. The Morgan fingerprint density at radius 2 is 1.58 bits per heavy atom. The van der Waals surface area contributed by atoms with Crippen LogP contribution in [0.2, 0.25) is 0 Å². The van der Waals surface area contributed by atoms with Gasteiger partial charge < -0.3 is 20.1 Å². The summed E-state index contributed by atoms with van der Waals surface area (Å²) in [6.45, 7) is 4.70. The van der Waals surface area contributed by atoms with Crippen molar-refractivity contribution >= 4 is 0 Å². The van der Waals surface area contributed by atoms with Gasteiger partial charge in [-0.1, -0.05) is 0 Å². The first-order valence-electron chi connectivity index (χ1n) is 3.92. The zero-order valence-corrected chi connectivity index (χ0v) is 7.98. The maximum atomic E-state index is 9.48. The maximum Gasteiger partial charge on any atom is 0.111 e. The van der Waals surface area contributed by atoms with Gasteiger partial charge in [-0.05, 0) is 20.8 Å². The molecule has 0 aromatic carbocycles. The summed E-state index contributed by atoms with van der Waals surface area (Å²) in [4.78, 5) is 0. The van der Waals surface area contributed by atoms with Gasteiger partial charge in [-0.15, -0.1) is 0 Å². The summed E-state index contributed by atoms with van der Waals surface area (Å²) in [6.07, 6.45) is -3.24. The van der Waals surface area contributed by atoms with Crippen LogP contribution in [0.5, 0.6) is 0 Å². The van der Waals surface area contributed by atoms with Gasteiger partial charge in [-0.3, -0.25) is 0 Å². The van der Waals surface area contributed by atoms with E-state index in [9.17, 15) is 10.2 Å². The van der Waals surface area contributed by atoms with Gasteiger partial charge in [0.15, 0.2) is 0 Å². The number of hydrogen-bond acceptors (Lipinski definition) is 4. The first-order valence-corrected chi connectivity index (χ1v) is 3.92. The molecule has 4 nitrogen and oxygen atoms in total. The van der Waals surface area contributed by atoms with Gasteiger partial charge in [0.1, 0.15) is 12.2 Å². The minimum Gasteiger partial charge on any atom is -0.391 e. The Kier molecular flexibility index (Phi) is 4.13. The fourth-order valence-electron chi connectivity index (χ4n) is 0.796. The highest BCUT2D eigenvalue weighted by Crippen LogP contribution is 2.18. The predicted molar refractivity (Wildman–Crippen MR) is 44.8 cm³/mol. The lowest BCUT2D eigenvalue weighted by Crippen LogP contribution is -2.49. The molecule has 0 aliphatic heterocycles. The topological polar surface area (TPSA) is 69.9 Å². The second kappa shape index (κ2) is 4.18. The van der Waals surface area contributed by atoms with Gasteiger partial charge in [0, 0.05) is 7.11 Å². The third kappa shape index (κ3) is 2.71. The smallest absolute Gasteiger partial charge is 0.111 e. The molecule has 0 fully saturated rings. The molecule has 12 heavy (non-hydrogen) atoms. The normalized spacial score (nSPS) is 20.2. The average molecular weight is 178 g/mol. The van der Waals surface area contributed by atoms with Crippen molar-refractivity contribution in [1.29, 1.82) is 0 Å². The van der Waals surface area contributed by atoms with Crippen LogP contribution in [0, 0.1) is 0 Å². The molecule has 74 valence electrons. The summed E-state index contributed by atoms with van der Waals surface area (Å²) in [7, 11) is 1.44. The fraction of sp³-hybridized carbons (Fsp3) is 1.00. The molecule has 0 radical (unpaired) electrons. The summed E-state index contributed by atoms with van der Waals surface area (Å²) < 4.78 is 4.95. The molecule has 0 spiro atoms. The summed E-state index contributed by atoms with van der Waals surface area (Å²) in [5, 5.41) is 27.7. The van der Waals surface area contributed by atoms with Crippen LogP contribution in [0.3, 0.4) is 0 Å². The summed E-state index contributed by atoms with van der Waals surface area (Å²) >= 11 is 0. The van der Waals surface area contributed by atoms with Crippen LogP contribution in [0.4, 0.5) is 0 Å². The number of methoxy groups -OCH3 is 1. The molecular formula is C8H18O4. The van der Waals surface area contributed by atoms with Crippen molar-refractivity contribution in [2.45, 2.75) is 44.7 Å². The lowest BCUT2D eigenvalue weighted by molar-refractivity contribution is -0.148. The molecule has 0 saturated heterocycles. The molecule has 0 rings (SSSR count). The van der Waals surface area contributed by atoms with Crippen molar-refractivity contribution < 1.29 is 20.1 Å². The molecule has 3 unspecified atom stereocenters. The average Bonchev–Trinajstić information content (AvgIpc) is 2.01. The zero-order valence-electron chi connectivity index (χ0n) is 7.98. The van der Waals surface area contributed by atoms with Crippen molar-refractivity contribution in [3.63, 3.8) is 0 Å². The molecular weight excluding hydrogens is 160 g/mol. The molecule has 0 aliphatic carbocycles. The van der Waals surface area contributed by atoms with Crippen molar-refractivity contribution in [2.24, 2.45) is 0 Å². The molecule has 3 N–H and O–H groups in total. The van der Waals surface area contributed by atoms with Crippen molar-refractivity contribution in [2.75, 3.05) is 7.11 Å². The molecule has 3 atom stereocenters. The molecule has 0 aromatic heterocycles. The summed E-state index contributed by atoms with van der Waals surface area (Å²) in [5.74, 6) is 0. The lowest BCUT2D eigenvalue weighted by atomic mass is 9.94. The van der Waals surface area contributed by atoms with E-state index in [0.717, 1.165) is 0 Å². The minimum atomic E-state index is -1.18. The first-order chi connectivity index (χ1) is 5.33. The van der Waals surface area contributed by atoms with Crippen molar-refractivity contribution in [3.8, 4) is 0 Å². The van der Waals surface area contributed by atoms with Gasteiger partial charge in [0.25, 0.3) is 0 Å². The Balaban J connectivity index is 4.27. The Hall–Kier alpha value is -0.160. The third-order valence-electron chi connectivity index (χ3n) is 2.06. The van der Waals surface area contributed by atoms with Gasteiger partial charge in [-0.25, -0.2) is 0 Å². The predicted octanol–water partition coefficient (Wildman–Crippen LogP) is -0.486. The molecule has 0 aromatic rings. The second-order valence-electron chi connectivity index (χ2n) is 3.48.